The van der Waals surface area contributed by atoms with E-state index in [4.69, 9.17) is 0 Å². The smallest absolute Gasteiger partial charge is 0.315 e. The Morgan fingerprint density at radius 1 is 0.909 bits per heavy atom. The molecular formula is C16H15F3N2O. The number of halogens is 3. The van der Waals surface area contributed by atoms with Crippen LogP contribution in [0.4, 0.5) is 18.0 Å². The molecule has 0 atom stereocenters. The van der Waals surface area contributed by atoms with Gasteiger partial charge in [0.05, 0.1) is 0 Å². The maximum absolute atomic E-state index is 13.4. The van der Waals surface area contributed by atoms with Crippen molar-refractivity contribution in [3.63, 3.8) is 0 Å². The van der Waals surface area contributed by atoms with Gasteiger partial charge in [-0.25, -0.2) is 18.0 Å². The predicted molar refractivity (Wildman–Crippen MR) is 76.7 cm³/mol. The van der Waals surface area contributed by atoms with E-state index in [0.717, 1.165) is 11.6 Å². The number of rotatable bonds is 5. The van der Waals surface area contributed by atoms with E-state index in [0.29, 0.717) is 5.56 Å². The molecule has 0 aliphatic carbocycles. The molecule has 2 aromatic rings. The van der Waals surface area contributed by atoms with Crippen molar-refractivity contribution >= 4 is 6.03 Å². The van der Waals surface area contributed by atoms with Crippen molar-refractivity contribution in [1.82, 2.24) is 10.6 Å². The standard InChI is InChI=1S/C16H15F3N2O/c17-13-4-1-11(2-5-13)10-21-16(22)20-8-7-12-3-6-14(18)9-15(12)19/h1-6,9H,7-8,10H2,(H2,20,21,22). The summed E-state index contributed by atoms with van der Waals surface area (Å²) in [6.07, 6.45) is 0.260. The SMILES string of the molecule is O=C(NCCc1ccc(F)cc1F)NCc1ccc(F)cc1. The van der Waals surface area contributed by atoms with Gasteiger partial charge in [-0.05, 0) is 35.7 Å². The maximum atomic E-state index is 13.4. The van der Waals surface area contributed by atoms with E-state index in [1.165, 1.54) is 24.3 Å². The summed E-state index contributed by atoms with van der Waals surface area (Å²) in [6.45, 7) is 0.481. The highest BCUT2D eigenvalue weighted by molar-refractivity contribution is 5.73. The normalized spacial score (nSPS) is 10.3. The lowest BCUT2D eigenvalue weighted by Crippen LogP contribution is -2.36. The maximum Gasteiger partial charge on any atom is 0.315 e. The molecule has 0 bridgehead atoms. The van der Waals surface area contributed by atoms with Crippen LogP contribution in [0.25, 0.3) is 0 Å². The summed E-state index contributed by atoms with van der Waals surface area (Å²) < 4.78 is 38.8. The fraction of sp³-hybridized carbons (Fsp3) is 0.188. The molecule has 0 aliphatic rings. The number of carbonyl (C=O) groups is 1. The minimum absolute atomic E-state index is 0.220. The molecule has 2 aromatic carbocycles. The molecule has 2 amide bonds. The fourth-order valence-electron chi connectivity index (χ4n) is 1.88. The largest absolute Gasteiger partial charge is 0.338 e. The van der Waals surface area contributed by atoms with Crippen molar-refractivity contribution in [2.24, 2.45) is 0 Å². The summed E-state index contributed by atoms with van der Waals surface area (Å²) in [6, 6.07) is 8.69. The van der Waals surface area contributed by atoms with Crippen LogP contribution in [-0.4, -0.2) is 12.6 Å². The van der Waals surface area contributed by atoms with Crippen LogP contribution < -0.4 is 10.6 Å². The molecule has 2 N–H and O–H groups in total. The molecule has 2 rings (SSSR count). The summed E-state index contributed by atoms with van der Waals surface area (Å²) in [7, 11) is 0. The number of carbonyl (C=O) groups excluding carboxylic acids is 1. The molecule has 0 saturated carbocycles. The number of urea groups is 1. The van der Waals surface area contributed by atoms with Crippen LogP contribution in [-0.2, 0) is 13.0 Å². The third-order valence-corrected chi connectivity index (χ3v) is 3.06. The van der Waals surface area contributed by atoms with Crippen molar-refractivity contribution < 1.29 is 18.0 Å². The van der Waals surface area contributed by atoms with Crippen molar-refractivity contribution in [2.75, 3.05) is 6.54 Å². The molecule has 0 saturated heterocycles. The van der Waals surface area contributed by atoms with Crippen molar-refractivity contribution in [1.29, 1.82) is 0 Å². The second kappa shape index (κ2) is 7.49. The second-order valence-electron chi connectivity index (χ2n) is 4.72. The predicted octanol–water partition coefficient (Wildman–Crippen LogP) is 3.15. The molecule has 0 unspecified atom stereocenters. The Morgan fingerprint density at radius 3 is 2.27 bits per heavy atom. The van der Waals surface area contributed by atoms with E-state index in [9.17, 15) is 18.0 Å². The molecule has 0 aliphatic heterocycles. The third kappa shape index (κ3) is 4.80. The summed E-state index contributed by atoms with van der Waals surface area (Å²) in [5, 5.41) is 5.17. The van der Waals surface area contributed by atoms with Gasteiger partial charge in [0.25, 0.3) is 0 Å². The molecule has 6 heteroatoms. The average Bonchev–Trinajstić information content (AvgIpc) is 2.49. The molecule has 0 fully saturated rings. The van der Waals surface area contributed by atoms with E-state index >= 15 is 0 Å². The van der Waals surface area contributed by atoms with Gasteiger partial charge in [0.15, 0.2) is 0 Å². The van der Waals surface area contributed by atoms with Gasteiger partial charge in [-0.2, -0.15) is 0 Å². The van der Waals surface area contributed by atoms with Gasteiger partial charge in [-0.3, -0.25) is 0 Å². The number of hydrogen-bond acceptors (Lipinski definition) is 1. The summed E-state index contributed by atoms with van der Waals surface area (Å²) >= 11 is 0. The van der Waals surface area contributed by atoms with E-state index < -0.39 is 17.7 Å². The van der Waals surface area contributed by atoms with Crippen molar-refractivity contribution in [3.8, 4) is 0 Å². The lowest BCUT2D eigenvalue weighted by atomic mass is 10.1. The molecule has 0 aromatic heterocycles. The zero-order valence-corrected chi connectivity index (χ0v) is 11.7. The molecule has 116 valence electrons. The second-order valence-corrected chi connectivity index (χ2v) is 4.72. The Bertz CT molecular complexity index is 644. The Hall–Kier alpha value is -2.50. The Morgan fingerprint density at radius 2 is 1.59 bits per heavy atom. The first-order chi connectivity index (χ1) is 10.5. The average molecular weight is 308 g/mol. The van der Waals surface area contributed by atoms with Crippen LogP contribution in [0.5, 0.6) is 0 Å². The van der Waals surface area contributed by atoms with Gasteiger partial charge in [-0.1, -0.05) is 18.2 Å². The van der Waals surface area contributed by atoms with Crippen LogP contribution in [0, 0.1) is 17.5 Å². The summed E-state index contributed by atoms with van der Waals surface area (Å²) in [4.78, 5) is 11.6. The summed E-state index contributed by atoms with van der Waals surface area (Å²) in [5.74, 6) is -1.60. The lowest BCUT2D eigenvalue weighted by Gasteiger charge is -2.08. The van der Waals surface area contributed by atoms with E-state index in [1.54, 1.807) is 12.1 Å². The molecular weight excluding hydrogens is 293 g/mol. The van der Waals surface area contributed by atoms with Gasteiger partial charge in [0.2, 0.25) is 0 Å². The minimum Gasteiger partial charge on any atom is -0.338 e. The van der Waals surface area contributed by atoms with E-state index in [-0.39, 0.29) is 25.3 Å². The summed E-state index contributed by atoms with van der Waals surface area (Å²) in [5.41, 5.74) is 1.10. The molecule has 0 radical (unpaired) electrons. The highest BCUT2D eigenvalue weighted by Crippen LogP contribution is 2.09. The van der Waals surface area contributed by atoms with Crippen LogP contribution in [0.15, 0.2) is 42.5 Å². The van der Waals surface area contributed by atoms with Crippen molar-refractivity contribution in [3.05, 3.63) is 71.0 Å². The Balaban J connectivity index is 1.72. The third-order valence-electron chi connectivity index (χ3n) is 3.06. The number of amides is 2. The molecule has 3 nitrogen and oxygen atoms in total. The van der Waals surface area contributed by atoms with Gasteiger partial charge >= 0.3 is 6.03 Å². The first-order valence-electron chi connectivity index (χ1n) is 6.74. The quantitative estimate of drug-likeness (QED) is 0.875. The first kappa shape index (κ1) is 15.9. The highest BCUT2D eigenvalue weighted by atomic mass is 19.1. The number of hydrogen-bond donors (Lipinski definition) is 2. The van der Waals surface area contributed by atoms with Crippen LogP contribution in [0.1, 0.15) is 11.1 Å². The van der Waals surface area contributed by atoms with Crippen LogP contribution in [0.2, 0.25) is 0 Å². The first-order valence-corrected chi connectivity index (χ1v) is 6.74. The highest BCUT2D eigenvalue weighted by Gasteiger charge is 2.05. The van der Waals surface area contributed by atoms with Gasteiger partial charge in [-0.15, -0.1) is 0 Å². The van der Waals surface area contributed by atoms with Gasteiger partial charge in [0, 0.05) is 19.2 Å². The zero-order valence-electron chi connectivity index (χ0n) is 11.7. The van der Waals surface area contributed by atoms with E-state index in [1.807, 2.05) is 0 Å². The minimum atomic E-state index is -0.633. The van der Waals surface area contributed by atoms with Crippen molar-refractivity contribution in [2.45, 2.75) is 13.0 Å². The topological polar surface area (TPSA) is 41.1 Å². The van der Waals surface area contributed by atoms with Gasteiger partial charge < -0.3 is 10.6 Å². The number of benzene rings is 2. The molecule has 0 heterocycles. The van der Waals surface area contributed by atoms with Crippen LogP contribution in [0.3, 0.4) is 0 Å². The molecule has 0 spiro atoms. The van der Waals surface area contributed by atoms with Gasteiger partial charge in [0.1, 0.15) is 17.5 Å². The zero-order chi connectivity index (χ0) is 15.9. The molecule has 22 heavy (non-hydrogen) atoms. The Labute approximate surface area is 126 Å². The monoisotopic (exact) mass is 308 g/mol. The fourth-order valence-corrected chi connectivity index (χ4v) is 1.88. The van der Waals surface area contributed by atoms with Crippen LogP contribution >= 0.6 is 0 Å². The lowest BCUT2D eigenvalue weighted by molar-refractivity contribution is 0.240. The number of nitrogens with one attached hydrogen (secondary N) is 2. The van der Waals surface area contributed by atoms with E-state index in [2.05, 4.69) is 10.6 Å². The Kier molecular flexibility index (Phi) is 5.41.